The van der Waals surface area contributed by atoms with E-state index in [0.29, 0.717) is 31.7 Å². The lowest BCUT2D eigenvalue weighted by Crippen LogP contribution is -2.39. The lowest BCUT2D eigenvalue weighted by Gasteiger charge is -2.34. The van der Waals surface area contributed by atoms with Crippen molar-refractivity contribution >= 4 is 33.3 Å². The number of carbonyl (C=O) groups is 1. The van der Waals surface area contributed by atoms with Crippen molar-refractivity contribution in [3.05, 3.63) is 46.6 Å². The normalized spacial score (nSPS) is 18.7. The standard InChI is InChI=1S/C20H20F2N4OS/c21-20(22)8-12(9-20)10-23-19-25-15-5-6-26(11-17(15)28-19)18(27)16-7-13-3-1-2-4-14(13)24-16/h1-4,7,12,24H,5-6,8-11H2,(H,23,25). The number of hydrogen-bond donors (Lipinski definition) is 2. The van der Waals surface area contributed by atoms with Gasteiger partial charge in [-0.25, -0.2) is 13.8 Å². The zero-order valence-corrected chi connectivity index (χ0v) is 16.0. The van der Waals surface area contributed by atoms with Crippen molar-refractivity contribution in [2.45, 2.75) is 31.7 Å². The summed E-state index contributed by atoms with van der Waals surface area (Å²) in [6.07, 6.45) is 0.622. The van der Waals surface area contributed by atoms with Gasteiger partial charge in [0.2, 0.25) is 5.92 Å². The van der Waals surface area contributed by atoms with Crippen LogP contribution in [-0.4, -0.2) is 39.8 Å². The van der Waals surface area contributed by atoms with Crippen LogP contribution in [0, 0.1) is 5.92 Å². The first kappa shape index (κ1) is 17.6. The highest BCUT2D eigenvalue weighted by atomic mass is 32.1. The fourth-order valence-corrected chi connectivity index (χ4v) is 4.99. The van der Waals surface area contributed by atoms with Crippen molar-refractivity contribution < 1.29 is 13.6 Å². The van der Waals surface area contributed by atoms with Crippen LogP contribution < -0.4 is 5.32 Å². The Morgan fingerprint density at radius 2 is 2.18 bits per heavy atom. The van der Waals surface area contributed by atoms with Gasteiger partial charge in [-0.15, -0.1) is 0 Å². The largest absolute Gasteiger partial charge is 0.361 e. The number of aromatic nitrogens is 2. The van der Waals surface area contributed by atoms with E-state index in [1.165, 1.54) is 11.3 Å². The molecular formula is C20H20F2N4OS. The van der Waals surface area contributed by atoms with Crippen molar-refractivity contribution in [2.24, 2.45) is 5.92 Å². The van der Waals surface area contributed by atoms with Gasteiger partial charge in [-0.05, 0) is 18.1 Å². The van der Waals surface area contributed by atoms with Crippen molar-refractivity contribution in [3.63, 3.8) is 0 Å². The number of nitrogens with one attached hydrogen (secondary N) is 2. The van der Waals surface area contributed by atoms with E-state index in [4.69, 9.17) is 0 Å². The van der Waals surface area contributed by atoms with Gasteiger partial charge in [0.25, 0.3) is 5.91 Å². The molecule has 1 aliphatic carbocycles. The summed E-state index contributed by atoms with van der Waals surface area (Å²) in [5.74, 6) is -2.49. The Morgan fingerprint density at radius 1 is 1.36 bits per heavy atom. The molecule has 1 saturated carbocycles. The molecule has 5 nitrogen and oxygen atoms in total. The predicted molar refractivity (Wildman–Crippen MR) is 105 cm³/mol. The highest BCUT2D eigenvalue weighted by molar-refractivity contribution is 7.15. The first-order chi connectivity index (χ1) is 13.5. The molecule has 0 unspecified atom stereocenters. The Balaban J connectivity index is 1.24. The van der Waals surface area contributed by atoms with Crippen molar-refractivity contribution in [1.82, 2.24) is 14.9 Å². The van der Waals surface area contributed by atoms with Crippen molar-refractivity contribution in [1.29, 1.82) is 0 Å². The van der Waals surface area contributed by atoms with Crippen LogP contribution in [0.25, 0.3) is 10.9 Å². The number of amides is 1. The summed E-state index contributed by atoms with van der Waals surface area (Å²) in [7, 11) is 0. The molecule has 1 aromatic carbocycles. The summed E-state index contributed by atoms with van der Waals surface area (Å²) in [4.78, 5) is 23.6. The van der Waals surface area contributed by atoms with Crippen LogP contribution in [-0.2, 0) is 13.0 Å². The van der Waals surface area contributed by atoms with E-state index in [0.717, 1.165) is 26.6 Å². The van der Waals surface area contributed by atoms with Gasteiger partial charge in [-0.3, -0.25) is 4.79 Å². The van der Waals surface area contributed by atoms with E-state index in [1.807, 2.05) is 35.2 Å². The number of rotatable bonds is 4. The number of benzene rings is 1. The fourth-order valence-electron chi connectivity index (χ4n) is 3.96. The highest BCUT2D eigenvalue weighted by Gasteiger charge is 2.44. The van der Waals surface area contributed by atoms with Crippen LogP contribution in [0.3, 0.4) is 0 Å². The molecule has 0 saturated heterocycles. The van der Waals surface area contributed by atoms with Gasteiger partial charge in [0.1, 0.15) is 5.69 Å². The molecular weight excluding hydrogens is 382 g/mol. The summed E-state index contributed by atoms with van der Waals surface area (Å²) in [5.41, 5.74) is 2.56. The Hall–Kier alpha value is -2.48. The number of H-pyrrole nitrogens is 1. The molecule has 0 bridgehead atoms. The number of nitrogens with zero attached hydrogens (tertiary/aromatic N) is 2. The predicted octanol–water partition coefficient (Wildman–Crippen LogP) is 4.28. The molecule has 0 radical (unpaired) electrons. The van der Waals surface area contributed by atoms with E-state index in [9.17, 15) is 13.6 Å². The Bertz CT molecular complexity index is 1000. The van der Waals surface area contributed by atoms with E-state index in [-0.39, 0.29) is 24.7 Å². The molecule has 0 spiro atoms. The molecule has 2 aliphatic rings. The number of alkyl halides is 2. The molecule has 2 N–H and O–H groups in total. The second kappa shape index (κ2) is 6.55. The number of fused-ring (bicyclic) bond motifs is 2. The second-order valence-corrected chi connectivity index (χ2v) is 8.73. The molecule has 28 heavy (non-hydrogen) atoms. The molecule has 3 heterocycles. The SMILES string of the molecule is O=C(c1cc2ccccc2[nH]1)N1CCc2nc(NCC3CC(F)(F)C3)sc2C1. The lowest BCUT2D eigenvalue weighted by molar-refractivity contribution is -0.106. The minimum absolute atomic E-state index is 0.0102. The van der Waals surface area contributed by atoms with E-state index in [2.05, 4.69) is 15.3 Å². The average Bonchev–Trinajstić information content (AvgIpc) is 3.26. The summed E-state index contributed by atoms with van der Waals surface area (Å²) in [6, 6.07) is 9.72. The molecule has 1 aliphatic heterocycles. The molecule has 2 aromatic heterocycles. The monoisotopic (exact) mass is 402 g/mol. The van der Waals surface area contributed by atoms with Crippen LogP contribution >= 0.6 is 11.3 Å². The van der Waals surface area contributed by atoms with Crippen LogP contribution in [0.1, 0.15) is 33.9 Å². The molecule has 1 amide bonds. The van der Waals surface area contributed by atoms with Gasteiger partial charge in [-0.2, -0.15) is 0 Å². The number of thiazole rings is 1. The molecule has 1 fully saturated rings. The maximum atomic E-state index is 12.9. The summed E-state index contributed by atoms with van der Waals surface area (Å²) in [5, 5.41) is 4.99. The molecule has 146 valence electrons. The topological polar surface area (TPSA) is 61.0 Å². The van der Waals surface area contributed by atoms with Crippen molar-refractivity contribution in [2.75, 3.05) is 18.4 Å². The van der Waals surface area contributed by atoms with E-state index in [1.54, 1.807) is 0 Å². The maximum Gasteiger partial charge on any atom is 0.270 e. The lowest BCUT2D eigenvalue weighted by atomic mass is 9.81. The fraction of sp³-hybridized carbons (Fsp3) is 0.400. The minimum Gasteiger partial charge on any atom is -0.361 e. The number of anilines is 1. The van der Waals surface area contributed by atoms with Crippen molar-refractivity contribution in [3.8, 4) is 0 Å². The van der Waals surface area contributed by atoms with Gasteiger partial charge >= 0.3 is 0 Å². The zero-order chi connectivity index (χ0) is 19.3. The number of para-hydroxylation sites is 1. The number of carbonyl (C=O) groups excluding carboxylic acids is 1. The number of halogens is 2. The minimum atomic E-state index is -2.49. The van der Waals surface area contributed by atoms with E-state index < -0.39 is 5.92 Å². The molecule has 0 atom stereocenters. The molecule has 3 aromatic rings. The maximum absolute atomic E-state index is 12.9. The van der Waals surface area contributed by atoms with Gasteiger partial charge in [0.15, 0.2) is 5.13 Å². The third-order valence-electron chi connectivity index (χ3n) is 5.50. The van der Waals surface area contributed by atoms with Crippen LogP contribution in [0.4, 0.5) is 13.9 Å². The third-order valence-corrected chi connectivity index (χ3v) is 6.54. The Labute approximate surface area is 164 Å². The van der Waals surface area contributed by atoms with Crippen LogP contribution in [0.2, 0.25) is 0 Å². The van der Waals surface area contributed by atoms with Gasteiger partial charge < -0.3 is 15.2 Å². The molecule has 8 heteroatoms. The zero-order valence-electron chi connectivity index (χ0n) is 15.2. The third kappa shape index (κ3) is 3.26. The smallest absolute Gasteiger partial charge is 0.270 e. The summed E-state index contributed by atoms with van der Waals surface area (Å²) in [6.45, 7) is 1.68. The molecule has 5 rings (SSSR count). The van der Waals surface area contributed by atoms with Gasteiger partial charge in [0, 0.05) is 48.1 Å². The number of aromatic amines is 1. The quantitative estimate of drug-likeness (QED) is 0.685. The Kier molecular flexibility index (Phi) is 4.12. The first-order valence-electron chi connectivity index (χ1n) is 9.44. The van der Waals surface area contributed by atoms with Gasteiger partial charge in [-0.1, -0.05) is 29.5 Å². The van der Waals surface area contributed by atoms with Crippen LogP contribution in [0.15, 0.2) is 30.3 Å². The van der Waals surface area contributed by atoms with E-state index >= 15 is 0 Å². The summed E-state index contributed by atoms with van der Waals surface area (Å²) < 4.78 is 25.9. The highest BCUT2D eigenvalue weighted by Crippen LogP contribution is 2.42. The summed E-state index contributed by atoms with van der Waals surface area (Å²) >= 11 is 1.52. The average molecular weight is 402 g/mol. The Morgan fingerprint density at radius 3 is 2.96 bits per heavy atom. The second-order valence-electron chi connectivity index (χ2n) is 7.65. The first-order valence-corrected chi connectivity index (χ1v) is 10.3. The van der Waals surface area contributed by atoms with Gasteiger partial charge in [0.05, 0.1) is 12.2 Å². The van der Waals surface area contributed by atoms with Crippen LogP contribution in [0.5, 0.6) is 0 Å². The number of hydrogen-bond acceptors (Lipinski definition) is 4.